The number of urea groups is 1. The van der Waals surface area contributed by atoms with Crippen LogP contribution < -0.4 is 10.1 Å². The van der Waals surface area contributed by atoms with E-state index in [0.29, 0.717) is 22.7 Å². The lowest BCUT2D eigenvalue weighted by Crippen LogP contribution is -2.45. The van der Waals surface area contributed by atoms with E-state index in [0.717, 1.165) is 28.0 Å². The second-order valence-corrected chi connectivity index (χ2v) is 9.05. The standard InChI is InChI=1S/C29H27FN4O3/c1-17-9-10-21(15-18(17)2)26-25(28-32-27(33-37-28)20-11-13-23(36-4)14-12-20)19(3)34(29(35)31-26)16-22-7-5-6-8-24(22)30/h5-15,26H,16H2,1-4H3,(H,31,35). The molecule has 7 nitrogen and oxygen atoms in total. The molecule has 0 fully saturated rings. The zero-order valence-corrected chi connectivity index (χ0v) is 21.1. The zero-order valence-electron chi connectivity index (χ0n) is 21.1. The Labute approximate surface area is 214 Å². The summed E-state index contributed by atoms with van der Waals surface area (Å²) in [4.78, 5) is 19.5. The van der Waals surface area contributed by atoms with Gasteiger partial charge >= 0.3 is 6.03 Å². The number of carbonyl (C=O) groups excluding carboxylic acids is 1. The van der Waals surface area contributed by atoms with E-state index in [1.807, 2.05) is 63.2 Å². The fraction of sp³-hybridized carbons (Fsp3) is 0.207. The lowest BCUT2D eigenvalue weighted by molar-refractivity contribution is 0.202. The van der Waals surface area contributed by atoms with Gasteiger partial charge in [-0.3, -0.25) is 4.90 Å². The van der Waals surface area contributed by atoms with E-state index in [9.17, 15) is 9.18 Å². The number of aryl methyl sites for hydroxylation is 2. The Kier molecular flexibility index (Phi) is 6.48. The molecule has 188 valence electrons. The van der Waals surface area contributed by atoms with Crippen molar-refractivity contribution in [1.82, 2.24) is 20.4 Å². The van der Waals surface area contributed by atoms with Gasteiger partial charge in [0, 0.05) is 16.8 Å². The minimum atomic E-state index is -0.521. The summed E-state index contributed by atoms with van der Waals surface area (Å²) in [7, 11) is 1.61. The lowest BCUT2D eigenvalue weighted by atomic mass is 9.92. The number of aromatic nitrogens is 2. The number of ether oxygens (including phenoxy) is 1. The van der Waals surface area contributed by atoms with Crippen LogP contribution in [0, 0.1) is 19.7 Å². The van der Waals surface area contributed by atoms with Crippen molar-refractivity contribution in [3.05, 3.63) is 106 Å². The second kappa shape index (κ2) is 9.89. The third kappa shape index (κ3) is 4.70. The Bertz CT molecular complexity index is 1490. The molecule has 37 heavy (non-hydrogen) atoms. The van der Waals surface area contributed by atoms with Crippen LogP contribution in [-0.2, 0) is 6.54 Å². The number of hydrogen-bond acceptors (Lipinski definition) is 5. The maximum Gasteiger partial charge on any atom is 0.322 e. The molecule has 2 amide bonds. The predicted molar refractivity (Wildman–Crippen MR) is 138 cm³/mol. The van der Waals surface area contributed by atoms with Crippen LogP contribution in [0.25, 0.3) is 17.0 Å². The molecule has 1 N–H and O–H groups in total. The van der Waals surface area contributed by atoms with Gasteiger partial charge in [0.2, 0.25) is 5.82 Å². The first-order valence-electron chi connectivity index (χ1n) is 11.9. The summed E-state index contributed by atoms with van der Waals surface area (Å²) in [6.45, 7) is 5.95. The highest BCUT2D eigenvalue weighted by molar-refractivity contribution is 5.87. The summed E-state index contributed by atoms with van der Waals surface area (Å²) >= 11 is 0. The highest BCUT2D eigenvalue weighted by atomic mass is 19.1. The molecule has 0 saturated carbocycles. The molecule has 1 unspecified atom stereocenters. The summed E-state index contributed by atoms with van der Waals surface area (Å²) in [5.41, 5.74) is 5.58. The summed E-state index contributed by atoms with van der Waals surface area (Å²) in [5.74, 6) is 1.04. The van der Waals surface area contributed by atoms with Crippen LogP contribution in [0.2, 0.25) is 0 Å². The van der Waals surface area contributed by atoms with Gasteiger partial charge in [-0.15, -0.1) is 0 Å². The van der Waals surface area contributed by atoms with Gasteiger partial charge in [0.05, 0.1) is 25.3 Å². The van der Waals surface area contributed by atoms with Gasteiger partial charge in [0.1, 0.15) is 11.6 Å². The number of methoxy groups -OCH3 is 1. The maximum absolute atomic E-state index is 14.5. The number of halogens is 1. The van der Waals surface area contributed by atoms with Crippen LogP contribution in [-0.4, -0.2) is 28.2 Å². The van der Waals surface area contributed by atoms with Crippen molar-refractivity contribution in [2.45, 2.75) is 33.4 Å². The molecule has 1 aromatic heterocycles. The van der Waals surface area contributed by atoms with E-state index in [-0.39, 0.29) is 24.3 Å². The zero-order chi connectivity index (χ0) is 26.1. The van der Waals surface area contributed by atoms with Crippen LogP contribution in [0.3, 0.4) is 0 Å². The van der Waals surface area contributed by atoms with E-state index in [2.05, 4.69) is 15.5 Å². The van der Waals surface area contributed by atoms with Crippen molar-refractivity contribution < 1.29 is 18.4 Å². The van der Waals surface area contributed by atoms with E-state index >= 15 is 0 Å². The highest BCUT2D eigenvalue weighted by Crippen LogP contribution is 2.38. The SMILES string of the molecule is COc1ccc(-c2noc(C3=C(C)N(Cc4ccccc4F)C(=O)NC3c3ccc(C)c(C)c3)n2)cc1. The summed E-state index contributed by atoms with van der Waals surface area (Å²) < 4.78 is 25.4. The molecule has 0 bridgehead atoms. The molecule has 1 aliphatic rings. The van der Waals surface area contributed by atoms with Crippen LogP contribution in [0.15, 0.2) is 77.0 Å². The Morgan fingerprint density at radius 2 is 1.78 bits per heavy atom. The monoisotopic (exact) mass is 498 g/mol. The number of allylic oxidation sites excluding steroid dienone is 1. The Morgan fingerprint density at radius 3 is 2.49 bits per heavy atom. The minimum absolute atomic E-state index is 0.0625. The van der Waals surface area contributed by atoms with Crippen molar-refractivity contribution in [2.24, 2.45) is 0 Å². The Hall–Kier alpha value is -4.46. The molecule has 0 spiro atoms. The topological polar surface area (TPSA) is 80.5 Å². The van der Waals surface area contributed by atoms with Crippen LogP contribution in [0.1, 0.15) is 41.1 Å². The lowest BCUT2D eigenvalue weighted by Gasteiger charge is -2.35. The number of carbonyl (C=O) groups is 1. The Balaban J connectivity index is 1.60. The molecule has 4 aromatic rings. The number of amides is 2. The number of benzene rings is 3. The molecule has 8 heteroatoms. The van der Waals surface area contributed by atoms with Crippen molar-refractivity contribution in [3.8, 4) is 17.1 Å². The fourth-order valence-electron chi connectivity index (χ4n) is 4.43. The summed E-state index contributed by atoms with van der Waals surface area (Å²) in [6.07, 6.45) is 0. The van der Waals surface area contributed by atoms with Gasteiger partial charge in [-0.25, -0.2) is 9.18 Å². The highest BCUT2D eigenvalue weighted by Gasteiger charge is 2.36. The van der Waals surface area contributed by atoms with Gasteiger partial charge in [-0.05, 0) is 67.8 Å². The largest absolute Gasteiger partial charge is 0.497 e. The number of nitrogens with zero attached hydrogens (tertiary/aromatic N) is 3. The van der Waals surface area contributed by atoms with Crippen molar-refractivity contribution in [1.29, 1.82) is 0 Å². The smallest absolute Gasteiger partial charge is 0.322 e. The molecule has 2 heterocycles. The molecule has 0 aliphatic carbocycles. The molecule has 1 aliphatic heterocycles. The second-order valence-electron chi connectivity index (χ2n) is 9.05. The van der Waals surface area contributed by atoms with Gasteiger partial charge < -0.3 is 14.6 Å². The molecular weight excluding hydrogens is 471 g/mol. The molecular formula is C29H27FN4O3. The molecule has 5 rings (SSSR count). The summed E-state index contributed by atoms with van der Waals surface area (Å²) in [6, 6.07) is 19.0. The van der Waals surface area contributed by atoms with E-state index in [1.54, 1.807) is 25.3 Å². The number of hydrogen-bond donors (Lipinski definition) is 1. The molecule has 3 aromatic carbocycles. The first-order valence-corrected chi connectivity index (χ1v) is 11.9. The average Bonchev–Trinajstić information content (AvgIpc) is 3.38. The van der Waals surface area contributed by atoms with Crippen molar-refractivity contribution in [2.75, 3.05) is 7.11 Å². The predicted octanol–water partition coefficient (Wildman–Crippen LogP) is 6.20. The van der Waals surface area contributed by atoms with Crippen LogP contribution >= 0.6 is 0 Å². The molecule has 1 atom stereocenters. The maximum atomic E-state index is 14.5. The van der Waals surface area contributed by atoms with E-state index in [4.69, 9.17) is 9.26 Å². The average molecular weight is 499 g/mol. The Morgan fingerprint density at radius 1 is 1.03 bits per heavy atom. The van der Waals surface area contributed by atoms with Gasteiger partial charge in [0.15, 0.2) is 0 Å². The van der Waals surface area contributed by atoms with Crippen molar-refractivity contribution in [3.63, 3.8) is 0 Å². The third-order valence-electron chi connectivity index (χ3n) is 6.75. The minimum Gasteiger partial charge on any atom is -0.497 e. The van der Waals surface area contributed by atoms with Crippen LogP contribution in [0.4, 0.5) is 9.18 Å². The summed E-state index contributed by atoms with van der Waals surface area (Å²) in [5, 5.41) is 7.28. The molecule has 0 saturated heterocycles. The normalized spacial score (nSPS) is 15.6. The van der Waals surface area contributed by atoms with Gasteiger partial charge in [0.25, 0.3) is 5.89 Å². The van der Waals surface area contributed by atoms with Crippen LogP contribution in [0.5, 0.6) is 5.75 Å². The van der Waals surface area contributed by atoms with E-state index < -0.39 is 6.04 Å². The van der Waals surface area contributed by atoms with Gasteiger partial charge in [-0.1, -0.05) is 41.6 Å². The molecule has 0 radical (unpaired) electrons. The van der Waals surface area contributed by atoms with E-state index in [1.165, 1.54) is 11.0 Å². The number of rotatable bonds is 6. The quantitative estimate of drug-likeness (QED) is 0.342. The first-order chi connectivity index (χ1) is 17.9. The van der Waals surface area contributed by atoms with Gasteiger partial charge in [-0.2, -0.15) is 4.98 Å². The van der Waals surface area contributed by atoms with Crippen molar-refractivity contribution >= 4 is 11.6 Å². The third-order valence-corrected chi connectivity index (χ3v) is 6.75. The fourth-order valence-corrected chi connectivity index (χ4v) is 4.43. The number of nitrogens with one attached hydrogen (secondary N) is 1. The first kappa shape index (κ1) is 24.2.